The van der Waals surface area contributed by atoms with Crippen molar-refractivity contribution in [1.29, 1.82) is 0 Å². The average Bonchev–Trinajstić information content (AvgIpc) is 3.51. The lowest BCUT2D eigenvalue weighted by molar-refractivity contribution is 0.0359. The van der Waals surface area contributed by atoms with E-state index >= 15 is 0 Å². The quantitative estimate of drug-likeness (QED) is 0.417. The number of ether oxygens (including phenoxy) is 1. The molecule has 0 saturated carbocycles. The Balaban J connectivity index is 1.42. The molecular weight excluding hydrogens is 426 g/mol. The molecule has 1 aromatic carbocycles. The maximum Gasteiger partial charge on any atom is 0.272 e. The summed E-state index contributed by atoms with van der Waals surface area (Å²) in [6.45, 7) is 1.42. The van der Waals surface area contributed by atoms with Gasteiger partial charge in [0.15, 0.2) is 0 Å². The number of thiophene rings is 1. The lowest BCUT2D eigenvalue weighted by Gasteiger charge is -2.31. The first-order chi connectivity index (χ1) is 15.2. The molecule has 31 heavy (non-hydrogen) atoms. The highest BCUT2D eigenvalue weighted by Crippen LogP contribution is 2.28. The number of hydrogen-bond donors (Lipinski definition) is 0. The molecule has 0 unspecified atom stereocenters. The molecule has 0 radical (unpaired) electrons. The first-order valence-corrected chi connectivity index (χ1v) is 12.2. The van der Waals surface area contributed by atoms with Gasteiger partial charge < -0.3 is 9.64 Å². The number of thiazole rings is 1. The second kappa shape index (κ2) is 8.86. The summed E-state index contributed by atoms with van der Waals surface area (Å²) in [6.07, 6.45) is 2.51. The molecule has 4 heterocycles. The molecule has 1 aliphatic rings. The Labute approximate surface area is 189 Å². The fourth-order valence-electron chi connectivity index (χ4n) is 4.05. The number of carbonyl (C=O) groups is 1. The lowest BCUT2D eigenvalue weighted by atomic mass is 10.0. The fraction of sp³-hybridized carbons (Fsp3) is 0.292. The first-order valence-electron chi connectivity index (χ1n) is 10.4. The summed E-state index contributed by atoms with van der Waals surface area (Å²) in [7, 11) is 1.88. The van der Waals surface area contributed by atoms with E-state index in [1.54, 1.807) is 22.7 Å². The highest BCUT2D eigenvalue weighted by Gasteiger charge is 2.25. The molecule has 158 valence electrons. The number of pyridine rings is 1. The van der Waals surface area contributed by atoms with Crippen LogP contribution in [0.1, 0.15) is 34.5 Å². The van der Waals surface area contributed by atoms with E-state index in [4.69, 9.17) is 4.74 Å². The highest BCUT2D eigenvalue weighted by molar-refractivity contribution is 7.17. The molecule has 1 aliphatic heterocycles. The van der Waals surface area contributed by atoms with Gasteiger partial charge in [-0.05, 0) is 47.9 Å². The van der Waals surface area contributed by atoms with Crippen LogP contribution in [0.25, 0.3) is 21.5 Å². The zero-order chi connectivity index (χ0) is 21.2. The smallest absolute Gasteiger partial charge is 0.272 e. The SMILES string of the molecule is CN(C(=O)c1cc(Cc2ccc(-c3cscn3)cc2)c2sccc2n1)C1CCOCC1. The van der Waals surface area contributed by atoms with Gasteiger partial charge in [0.05, 0.1) is 21.4 Å². The average molecular weight is 450 g/mol. The van der Waals surface area contributed by atoms with Crippen LogP contribution in [0.4, 0.5) is 0 Å². The van der Waals surface area contributed by atoms with E-state index in [1.165, 1.54) is 5.56 Å². The molecular formula is C24H23N3O2S2. The van der Waals surface area contributed by atoms with Gasteiger partial charge in [0.1, 0.15) is 5.69 Å². The summed E-state index contributed by atoms with van der Waals surface area (Å²) < 4.78 is 6.59. The molecule has 0 aliphatic carbocycles. The zero-order valence-electron chi connectivity index (χ0n) is 17.3. The minimum atomic E-state index is -0.0138. The Morgan fingerprint density at radius 3 is 2.74 bits per heavy atom. The summed E-state index contributed by atoms with van der Waals surface area (Å²) in [5.41, 5.74) is 7.74. The van der Waals surface area contributed by atoms with Crippen molar-refractivity contribution in [3.05, 3.63) is 69.5 Å². The second-order valence-electron chi connectivity index (χ2n) is 7.81. The predicted octanol–water partition coefficient (Wildman–Crippen LogP) is 5.26. The second-order valence-corrected chi connectivity index (χ2v) is 9.44. The van der Waals surface area contributed by atoms with Crippen molar-refractivity contribution < 1.29 is 9.53 Å². The van der Waals surface area contributed by atoms with E-state index < -0.39 is 0 Å². The third kappa shape index (κ3) is 4.26. The maximum atomic E-state index is 13.2. The van der Waals surface area contributed by atoms with Gasteiger partial charge in [-0.25, -0.2) is 9.97 Å². The monoisotopic (exact) mass is 449 g/mol. The van der Waals surface area contributed by atoms with Gasteiger partial charge in [-0.2, -0.15) is 0 Å². The van der Waals surface area contributed by atoms with Crippen LogP contribution < -0.4 is 0 Å². The summed E-state index contributed by atoms with van der Waals surface area (Å²) in [6, 6.07) is 12.7. The molecule has 4 aromatic rings. The topological polar surface area (TPSA) is 55.3 Å². The van der Waals surface area contributed by atoms with Gasteiger partial charge in [-0.1, -0.05) is 24.3 Å². The molecule has 7 heteroatoms. The van der Waals surface area contributed by atoms with Crippen molar-refractivity contribution in [2.75, 3.05) is 20.3 Å². The van der Waals surface area contributed by atoms with Gasteiger partial charge in [0.2, 0.25) is 0 Å². The van der Waals surface area contributed by atoms with E-state index in [2.05, 4.69) is 39.6 Å². The number of nitrogens with zero attached hydrogens (tertiary/aromatic N) is 3. The number of carbonyl (C=O) groups excluding carboxylic acids is 1. The Kier molecular flexibility index (Phi) is 5.80. The standard InChI is InChI=1S/C24H23N3O2S2/c1-27(19-6-9-29-10-7-19)24(28)21-13-18(23-20(26-21)8-11-31-23)12-16-2-4-17(5-3-16)22-14-30-15-25-22/h2-5,8,11,13-15,19H,6-7,9-10,12H2,1H3. The molecule has 5 nitrogen and oxygen atoms in total. The minimum absolute atomic E-state index is 0.0138. The largest absolute Gasteiger partial charge is 0.381 e. The lowest BCUT2D eigenvalue weighted by Crippen LogP contribution is -2.41. The third-order valence-electron chi connectivity index (χ3n) is 5.84. The fourth-order valence-corrected chi connectivity index (χ4v) is 5.46. The minimum Gasteiger partial charge on any atom is -0.381 e. The molecule has 0 atom stereocenters. The number of hydrogen-bond acceptors (Lipinski definition) is 6. The van der Waals surface area contributed by atoms with Gasteiger partial charge in [-0.3, -0.25) is 4.79 Å². The van der Waals surface area contributed by atoms with E-state index in [0.29, 0.717) is 18.9 Å². The van der Waals surface area contributed by atoms with Crippen LogP contribution >= 0.6 is 22.7 Å². The predicted molar refractivity (Wildman–Crippen MR) is 126 cm³/mol. The van der Waals surface area contributed by atoms with Gasteiger partial charge >= 0.3 is 0 Å². The number of rotatable bonds is 5. The highest BCUT2D eigenvalue weighted by atomic mass is 32.1. The molecule has 1 saturated heterocycles. The number of aromatic nitrogens is 2. The van der Waals surface area contributed by atoms with Crippen molar-refractivity contribution in [2.45, 2.75) is 25.3 Å². The summed E-state index contributed by atoms with van der Waals surface area (Å²) in [5, 5.41) is 4.10. The Hall–Kier alpha value is -2.61. The molecule has 1 fully saturated rings. The van der Waals surface area contributed by atoms with Crippen LogP contribution in [0, 0.1) is 0 Å². The number of fused-ring (bicyclic) bond motifs is 1. The van der Waals surface area contributed by atoms with E-state index in [-0.39, 0.29) is 11.9 Å². The molecule has 0 N–H and O–H groups in total. The number of benzene rings is 1. The van der Waals surface area contributed by atoms with Gasteiger partial charge in [-0.15, -0.1) is 22.7 Å². The summed E-state index contributed by atoms with van der Waals surface area (Å²) in [4.78, 5) is 24.1. The summed E-state index contributed by atoms with van der Waals surface area (Å²) >= 11 is 3.28. The van der Waals surface area contributed by atoms with Crippen molar-refractivity contribution in [3.63, 3.8) is 0 Å². The van der Waals surface area contributed by atoms with E-state index in [0.717, 1.165) is 46.3 Å². The zero-order valence-corrected chi connectivity index (χ0v) is 18.9. The van der Waals surface area contributed by atoms with Crippen LogP contribution in [0.3, 0.4) is 0 Å². The van der Waals surface area contributed by atoms with Gasteiger partial charge in [0, 0.05) is 37.2 Å². The molecule has 0 spiro atoms. The van der Waals surface area contributed by atoms with Crippen LogP contribution in [-0.2, 0) is 11.2 Å². The van der Waals surface area contributed by atoms with Crippen LogP contribution in [0.15, 0.2) is 52.7 Å². The third-order valence-corrected chi connectivity index (χ3v) is 7.41. The Bertz CT molecular complexity index is 1180. The molecule has 1 amide bonds. The van der Waals surface area contributed by atoms with Crippen LogP contribution in [0.5, 0.6) is 0 Å². The van der Waals surface area contributed by atoms with Crippen LogP contribution in [0.2, 0.25) is 0 Å². The number of amides is 1. The van der Waals surface area contributed by atoms with Crippen molar-refractivity contribution in [3.8, 4) is 11.3 Å². The van der Waals surface area contributed by atoms with Crippen LogP contribution in [-0.4, -0.2) is 47.1 Å². The van der Waals surface area contributed by atoms with E-state index in [1.807, 2.05) is 35.0 Å². The Morgan fingerprint density at radius 2 is 2.00 bits per heavy atom. The normalized spacial score (nSPS) is 14.7. The molecule has 0 bridgehead atoms. The molecule has 3 aromatic heterocycles. The van der Waals surface area contributed by atoms with E-state index in [9.17, 15) is 4.79 Å². The van der Waals surface area contributed by atoms with Gasteiger partial charge in [0.25, 0.3) is 5.91 Å². The first kappa shape index (κ1) is 20.3. The maximum absolute atomic E-state index is 13.2. The molecule has 5 rings (SSSR count). The van der Waals surface area contributed by atoms with Crippen molar-refractivity contribution in [2.24, 2.45) is 0 Å². The van der Waals surface area contributed by atoms with Crippen molar-refractivity contribution in [1.82, 2.24) is 14.9 Å². The Morgan fingerprint density at radius 1 is 1.19 bits per heavy atom. The summed E-state index contributed by atoms with van der Waals surface area (Å²) in [5.74, 6) is -0.0138. The van der Waals surface area contributed by atoms with Crippen molar-refractivity contribution >= 4 is 38.8 Å².